The van der Waals surface area contributed by atoms with Gasteiger partial charge in [-0.25, -0.2) is 0 Å². The van der Waals surface area contributed by atoms with Crippen LogP contribution in [-0.2, 0) is 14.2 Å². The molecule has 0 aromatic heterocycles. The first kappa shape index (κ1) is 21.0. The molecule has 0 aromatic carbocycles. The lowest BCUT2D eigenvalue weighted by Crippen LogP contribution is -2.64. The molecule has 148 valence electrons. The Hall–Kier alpha value is -0.320. The summed E-state index contributed by atoms with van der Waals surface area (Å²) in [5.41, 5.74) is -0.883. The molecule has 1 saturated heterocycles. The van der Waals surface area contributed by atoms with E-state index in [1.807, 2.05) is 7.05 Å². The van der Waals surface area contributed by atoms with Crippen LogP contribution in [0.5, 0.6) is 0 Å². The molecule has 2 fully saturated rings. The molecular formula is C17H36N4O4. The quantitative estimate of drug-likeness (QED) is 0.370. The van der Waals surface area contributed by atoms with E-state index in [1.165, 1.54) is 0 Å². The van der Waals surface area contributed by atoms with Gasteiger partial charge < -0.3 is 24.6 Å². The van der Waals surface area contributed by atoms with Crippen LogP contribution in [0.3, 0.4) is 0 Å². The largest absolute Gasteiger partial charge is 0.386 e. The van der Waals surface area contributed by atoms with Gasteiger partial charge >= 0.3 is 0 Å². The minimum absolute atomic E-state index is 0.0265. The molecule has 0 radical (unpaired) electrons. The van der Waals surface area contributed by atoms with E-state index in [0.29, 0.717) is 12.6 Å². The van der Waals surface area contributed by atoms with E-state index in [2.05, 4.69) is 21.3 Å². The van der Waals surface area contributed by atoms with Crippen molar-refractivity contribution >= 4 is 0 Å². The van der Waals surface area contributed by atoms with Crippen LogP contribution in [0.4, 0.5) is 0 Å². The van der Waals surface area contributed by atoms with Crippen molar-refractivity contribution in [2.45, 2.75) is 69.0 Å². The minimum Gasteiger partial charge on any atom is -0.386 e. The van der Waals surface area contributed by atoms with E-state index in [0.717, 1.165) is 32.2 Å². The smallest absolute Gasteiger partial charge is 0.114 e. The molecule has 6 atom stereocenters. The second kappa shape index (κ2) is 10.1. The standard InChI is InChI=1S/C17H36N4O4/c1-17(22,10-18-2)11-25-14-9-12(5-6-13(14)23-3)20-16-19-8-7-15(21-16)24-4/h12-16,18-22H,5-11H2,1-4H3. The Morgan fingerprint density at radius 3 is 2.64 bits per heavy atom. The number of rotatable bonds is 9. The Bertz CT molecular complexity index is 386. The maximum atomic E-state index is 10.3. The Kier molecular flexibility index (Phi) is 8.50. The highest BCUT2D eigenvalue weighted by Crippen LogP contribution is 2.25. The van der Waals surface area contributed by atoms with Crippen LogP contribution >= 0.6 is 0 Å². The number of aliphatic hydroxyl groups is 1. The van der Waals surface area contributed by atoms with Crippen LogP contribution in [0.2, 0.25) is 0 Å². The lowest BCUT2D eigenvalue weighted by molar-refractivity contribution is -0.123. The SMILES string of the molecule is CNCC(C)(O)COC1CC(NC2NCCC(OC)N2)CCC1OC. The molecule has 1 heterocycles. The summed E-state index contributed by atoms with van der Waals surface area (Å²) in [7, 11) is 5.28. The van der Waals surface area contributed by atoms with Gasteiger partial charge in [0.05, 0.1) is 24.4 Å². The lowest BCUT2D eigenvalue weighted by atomic mass is 9.90. The zero-order valence-corrected chi connectivity index (χ0v) is 16.0. The van der Waals surface area contributed by atoms with Crippen LogP contribution in [0, 0.1) is 0 Å². The Morgan fingerprint density at radius 2 is 1.96 bits per heavy atom. The fourth-order valence-electron chi connectivity index (χ4n) is 3.63. The van der Waals surface area contributed by atoms with Crippen molar-refractivity contribution in [2.24, 2.45) is 0 Å². The molecule has 6 unspecified atom stereocenters. The van der Waals surface area contributed by atoms with Crippen LogP contribution in [-0.4, -0.2) is 82.4 Å². The zero-order valence-electron chi connectivity index (χ0n) is 16.0. The number of hydrogen-bond acceptors (Lipinski definition) is 8. The van der Waals surface area contributed by atoms with Gasteiger partial charge in [-0.1, -0.05) is 0 Å². The number of methoxy groups -OCH3 is 2. The lowest BCUT2D eigenvalue weighted by Gasteiger charge is -2.40. The fourth-order valence-corrected chi connectivity index (χ4v) is 3.63. The van der Waals surface area contributed by atoms with Crippen LogP contribution in [0.25, 0.3) is 0 Å². The summed E-state index contributed by atoms with van der Waals surface area (Å²) >= 11 is 0. The zero-order chi connectivity index (χ0) is 18.3. The highest BCUT2D eigenvalue weighted by Gasteiger charge is 2.34. The maximum Gasteiger partial charge on any atom is 0.114 e. The minimum atomic E-state index is -0.883. The Morgan fingerprint density at radius 1 is 1.16 bits per heavy atom. The van der Waals surface area contributed by atoms with Crippen LogP contribution in [0.1, 0.15) is 32.6 Å². The Labute approximate surface area is 151 Å². The van der Waals surface area contributed by atoms with Crippen molar-refractivity contribution < 1.29 is 19.3 Å². The highest BCUT2D eigenvalue weighted by molar-refractivity contribution is 4.88. The molecule has 0 spiro atoms. The van der Waals surface area contributed by atoms with Gasteiger partial charge in [-0.05, 0) is 39.7 Å². The van der Waals surface area contributed by atoms with Gasteiger partial charge in [-0.15, -0.1) is 0 Å². The summed E-state index contributed by atoms with van der Waals surface area (Å²) in [4.78, 5) is 0. The Balaban J connectivity index is 1.84. The van der Waals surface area contributed by atoms with Crippen molar-refractivity contribution in [1.82, 2.24) is 21.3 Å². The molecular weight excluding hydrogens is 324 g/mol. The van der Waals surface area contributed by atoms with Crippen molar-refractivity contribution in [1.29, 1.82) is 0 Å². The third-order valence-corrected chi connectivity index (χ3v) is 4.99. The second-order valence-corrected chi connectivity index (χ2v) is 7.39. The van der Waals surface area contributed by atoms with E-state index < -0.39 is 5.60 Å². The van der Waals surface area contributed by atoms with E-state index in [-0.39, 0.29) is 31.3 Å². The monoisotopic (exact) mass is 360 g/mol. The number of likely N-dealkylation sites (N-methyl/N-ethyl adjacent to an activating group) is 1. The predicted octanol–water partition coefficient (Wildman–Crippen LogP) is -0.662. The normalized spacial score (nSPS) is 36.1. The molecule has 0 amide bonds. The summed E-state index contributed by atoms with van der Waals surface area (Å²) < 4.78 is 17.0. The molecule has 2 rings (SSSR count). The molecule has 8 nitrogen and oxygen atoms in total. The summed E-state index contributed by atoms with van der Waals surface area (Å²) in [6.45, 7) is 3.48. The van der Waals surface area contributed by atoms with Gasteiger partial charge in [0.2, 0.25) is 0 Å². The average Bonchev–Trinajstić information content (AvgIpc) is 2.60. The summed E-state index contributed by atoms with van der Waals surface area (Å²) in [6.07, 6.45) is 3.94. The first-order valence-corrected chi connectivity index (χ1v) is 9.27. The van der Waals surface area contributed by atoms with Crippen molar-refractivity contribution in [2.75, 3.05) is 41.0 Å². The maximum absolute atomic E-state index is 10.3. The van der Waals surface area contributed by atoms with E-state index in [1.54, 1.807) is 21.1 Å². The third-order valence-electron chi connectivity index (χ3n) is 4.99. The van der Waals surface area contributed by atoms with Crippen LogP contribution in [0.15, 0.2) is 0 Å². The molecule has 8 heteroatoms. The number of ether oxygens (including phenoxy) is 3. The molecule has 2 aliphatic rings. The summed E-state index contributed by atoms with van der Waals surface area (Å²) in [5, 5.41) is 23.7. The summed E-state index contributed by atoms with van der Waals surface area (Å²) in [6, 6.07) is 0.325. The molecule has 1 aliphatic carbocycles. The third kappa shape index (κ3) is 6.73. The van der Waals surface area contributed by atoms with Gasteiger partial charge in [0.25, 0.3) is 0 Å². The summed E-state index contributed by atoms with van der Waals surface area (Å²) in [5.74, 6) is 0. The average molecular weight is 360 g/mol. The van der Waals surface area contributed by atoms with Gasteiger partial charge in [-0.2, -0.15) is 0 Å². The molecule has 25 heavy (non-hydrogen) atoms. The number of hydrogen-bond donors (Lipinski definition) is 5. The molecule has 0 aromatic rings. The van der Waals surface area contributed by atoms with Gasteiger partial charge in [-0.3, -0.25) is 16.0 Å². The van der Waals surface area contributed by atoms with E-state index in [4.69, 9.17) is 14.2 Å². The first-order valence-electron chi connectivity index (χ1n) is 9.27. The van der Waals surface area contributed by atoms with E-state index in [9.17, 15) is 5.11 Å². The van der Waals surface area contributed by atoms with Gasteiger partial charge in [0.1, 0.15) is 12.5 Å². The highest BCUT2D eigenvalue weighted by atomic mass is 16.5. The first-order chi connectivity index (χ1) is 12.0. The molecule has 0 bridgehead atoms. The second-order valence-electron chi connectivity index (χ2n) is 7.39. The molecule has 1 saturated carbocycles. The van der Waals surface area contributed by atoms with E-state index >= 15 is 0 Å². The van der Waals surface area contributed by atoms with Gasteiger partial charge in [0, 0.05) is 33.4 Å². The predicted molar refractivity (Wildman–Crippen MR) is 96.2 cm³/mol. The fraction of sp³-hybridized carbons (Fsp3) is 1.00. The van der Waals surface area contributed by atoms with Gasteiger partial charge in [0.15, 0.2) is 0 Å². The van der Waals surface area contributed by atoms with Crippen molar-refractivity contribution in [3.63, 3.8) is 0 Å². The number of nitrogens with one attached hydrogen (secondary N) is 4. The van der Waals surface area contributed by atoms with Crippen molar-refractivity contribution in [3.05, 3.63) is 0 Å². The molecule has 1 aliphatic heterocycles. The topological polar surface area (TPSA) is 96.0 Å². The van der Waals surface area contributed by atoms with Crippen molar-refractivity contribution in [3.8, 4) is 0 Å². The van der Waals surface area contributed by atoms with Crippen LogP contribution < -0.4 is 21.3 Å². The molecule has 5 N–H and O–H groups in total.